The Morgan fingerprint density at radius 1 is 1.21 bits per heavy atom. The lowest BCUT2D eigenvalue weighted by atomic mass is 9.97. The molecule has 3 rings (SSSR count). The quantitative estimate of drug-likeness (QED) is 0.469. The van der Waals surface area contributed by atoms with Crippen molar-refractivity contribution in [3.63, 3.8) is 0 Å². The Bertz CT molecular complexity index is 973. The highest BCUT2D eigenvalue weighted by molar-refractivity contribution is 8.00. The van der Waals surface area contributed by atoms with Crippen molar-refractivity contribution < 1.29 is 14.7 Å². The molecule has 0 radical (unpaired) electrons. The largest absolute Gasteiger partial charge is 0.395 e. The van der Waals surface area contributed by atoms with E-state index in [-0.39, 0.29) is 36.4 Å². The zero-order valence-corrected chi connectivity index (χ0v) is 17.1. The van der Waals surface area contributed by atoms with Crippen LogP contribution >= 0.6 is 11.8 Å². The maximum absolute atomic E-state index is 12.4. The molecule has 1 aliphatic carbocycles. The molecule has 0 bridgehead atoms. The minimum Gasteiger partial charge on any atom is -0.395 e. The summed E-state index contributed by atoms with van der Waals surface area (Å²) in [5.41, 5.74) is 2.73. The number of benzene rings is 1. The van der Waals surface area contributed by atoms with Crippen molar-refractivity contribution in [1.82, 2.24) is 9.55 Å². The highest BCUT2D eigenvalue weighted by Gasteiger charge is 2.21. The van der Waals surface area contributed by atoms with E-state index in [9.17, 15) is 19.5 Å². The Balaban J connectivity index is 1.70. The second-order valence-electron chi connectivity index (χ2n) is 6.81. The van der Waals surface area contributed by atoms with Gasteiger partial charge in [0.2, 0.25) is 11.8 Å². The van der Waals surface area contributed by atoms with E-state index < -0.39 is 0 Å². The fourth-order valence-corrected chi connectivity index (χ4v) is 4.28. The number of aliphatic hydroxyl groups is 1. The second-order valence-corrected chi connectivity index (χ2v) is 7.77. The molecule has 9 heteroatoms. The fourth-order valence-electron chi connectivity index (χ4n) is 3.41. The van der Waals surface area contributed by atoms with Gasteiger partial charge in [-0.15, -0.1) is 0 Å². The zero-order chi connectivity index (χ0) is 20.8. The lowest BCUT2D eigenvalue weighted by Crippen LogP contribution is -2.31. The summed E-state index contributed by atoms with van der Waals surface area (Å²) in [6.45, 7) is 1.55. The number of nitrogens with one attached hydrogen (secondary N) is 2. The van der Waals surface area contributed by atoms with Crippen LogP contribution in [0.3, 0.4) is 0 Å². The number of fused-ring (bicyclic) bond motifs is 1. The predicted octanol–water partition coefficient (Wildman–Crippen LogP) is 1.80. The van der Waals surface area contributed by atoms with Gasteiger partial charge in [-0.3, -0.25) is 14.2 Å². The molecule has 0 spiro atoms. The number of thioether (sulfide) groups is 1. The Hall–Kier alpha value is -2.65. The van der Waals surface area contributed by atoms with E-state index >= 15 is 0 Å². The van der Waals surface area contributed by atoms with Crippen LogP contribution in [-0.2, 0) is 29.0 Å². The van der Waals surface area contributed by atoms with E-state index in [0.29, 0.717) is 16.4 Å². The first kappa shape index (κ1) is 21.1. The number of nitrogens with zero attached hydrogens (tertiary/aromatic N) is 2. The van der Waals surface area contributed by atoms with E-state index in [4.69, 9.17) is 0 Å². The molecular formula is C20H24N4O4S. The Labute approximate surface area is 172 Å². The minimum absolute atomic E-state index is 0.111. The molecule has 2 amide bonds. The predicted molar refractivity (Wildman–Crippen MR) is 112 cm³/mol. The van der Waals surface area contributed by atoms with Gasteiger partial charge >= 0.3 is 5.69 Å². The van der Waals surface area contributed by atoms with Crippen LogP contribution in [0.1, 0.15) is 31.0 Å². The van der Waals surface area contributed by atoms with Crippen molar-refractivity contribution >= 4 is 35.0 Å². The van der Waals surface area contributed by atoms with Gasteiger partial charge in [0.15, 0.2) is 0 Å². The van der Waals surface area contributed by atoms with Crippen molar-refractivity contribution in [3.8, 4) is 0 Å². The minimum atomic E-state index is -0.384. The average Bonchev–Trinajstić information content (AvgIpc) is 2.68. The molecular weight excluding hydrogens is 392 g/mol. The number of aliphatic hydroxyl groups excluding tert-OH is 1. The lowest BCUT2D eigenvalue weighted by molar-refractivity contribution is -0.114. The molecule has 0 aliphatic heterocycles. The normalized spacial score (nSPS) is 12.9. The van der Waals surface area contributed by atoms with E-state index in [1.165, 1.54) is 18.7 Å². The number of hydrogen-bond donors (Lipinski definition) is 3. The molecule has 1 aromatic carbocycles. The standard InChI is InChI=1S/C20H24N4O4S/c1-13(26)21-14-5-4-6-15(11-14)22-18(27)12-29-19-16-7-2-3-8-17(16)24(9-10-25)20(28)23-19/h4-6,11,25H,2-3,7-10,12H2,1H3,(H,21,26)(H,22,27). The second kappa shape index (κ2) is 9.71. The monoisotopic (exact) mass is 416 g/mol. The van der Waals surface area contributed by atoms with Gasteiger partial charge in [-0.2, -0.15) is 4.98 Å². The summed E-state index contributed by atoms with van der Waals surface area (Å²) in [5, 5.41) is 15.3. The first-order valence-electron chi connectivity index (χ1n) is 9.51. The molecule has 29 heavy (non-hydrogen) atoms. The molecule has 0 fully saturated rings. The van der Waals surface area contributed by atoms with Crippen LogP contribution in [-0.4, -0.2) is 38.8 Å². The van der Waals surface area contributed by atoms with E-state index in [1.807, 2.05) is 0 Å². The molecule has 0 saturated heterocycles. The molecule has 2 aromatic rings. The first-order chi connectivity index (χ1) is 14.0. The number of aromatic nitrogens is 2. The van der Waals surface area contributed by atoms with Crippen LogP contribution in [0, 0.1) is 0 Å². The maximum Gasteiger partial charge on any atom is 0.348 e. The van der Waals surface area contributed by atoms with Crippen molar-refractivity contribution in [3.05, 3.63) is 46.0 Å². The Morgan fingerprint density at radius 3 is 2.66 bits per heavy atom. The first-order valence-corrected chi connectivity index (χ1v) is 10.5. The van der Waals surface area contributed by atoms with E-state index in [1.54, 1.807) is 28.8 Å². The number of anilines is 2. The fraction of sp³-hybridized carbons (Fsp3) is 0.400. The molecule has 8 nitrogen and oxygen atoms in total. The third-order valence-electron chi connectivity index (χ3n) is 4.58. The number of rotatable bonds is 7. The smallest absolute Gasteiger partial charge is 0.348 e. The summed E-state index contributed by atoms with van der Waals surface area (Å²) < 4.78 is 1.55. The van der Waals surface area contributed by atoms with Gasteiger partial charge in [-0.25, -0.2) is 4.79 Å². The molecule has 1 heterocycles. The molecule has 3 N–H and O–H groups in total. The third-order valence-corrected chi connectivity index (χ3v) is 5.60. The zero-order valence-electron chi connectivity index (χ0n) is 16.2. The van der Waals surface area contributed by atoms with E-state index in [0.717, 1.165) is 36.9 Å². The van der Waals surface area contributed by atoms with Crippen LogP contribution in [0.2, 0.25) is 0 Å². The lowest BCUT2D eigenvalue weighted by Gasteiger charge is -2.22. The SMILES string of the molecule is CC(=O)Nc1cccc(NC(=O)CSc2nc(=O)n(CCO)c3c2CCCC3)c1. The molecule has 1 aliphatic rings. The molecule has 0 saturated carbocycles. The third kappa shape index (κ3) is 5.45. The average molecular weight is 417 g/mol. The topological polar surface area (TPSA) is 113 Å². The highest BCUT2D eigenvalue weighted by Crippen LogP contribution is 2.28. The molecule has 1 aromatic heterocycles. The maximum atomic E-state index is 12.4. The van der Waals surface area contributed by atoms with Gasteiger partial charge in [0.1, 0.15) is 5.03 Å². The van der Waals surface area contributed by atoms with Gasteiger partial charge in [0, 0.05) is 29.6 Å². The summed E-state index contributed by atoms with van der Waals surface area (Å²) in [4.78, 5) is 40.1. The van der Waals surface area contributed by atoms with Crippen molar-refractivity contribution in [2.75, 3.05) is 23.0 Å². The summed E-state index contributed by atoms with van der Waals surface area (Å²) in [6.07, 6.45) is 3.61. The van der Waals surface area contributed by atoms with Crippen LogP contribution in [0.15, 0.2) is 34.1 Å². The highest BCUT2D eigenvalue weighted by atomic mass is 32.2. The van der Waals surface area contributed by atoms with Crippen LogP contribution in [0.25, 0.3) is 0 Å². The Kier molecular flexibility index (Phi) is 7.05. The number of carbonyl (C=O) groups excluding carboxylic acids is 2. The molecule has 0 unspecified atom stereocenters. The van der Waals surface area contributed by atoms with Crippen molar-refractivity contribution in [1.29, 1.82) is 0 Å². The number of amides is 2. The Morgan fingerprint density at radius 2 is 1.93 bits per heavy atom. The van der Waals surface area contributed by atoms with Gasteiger partial charge in [-0.1, -0.05) is 17.8 Å². The van der Waals surface area contributed by atoms with Crippen LogP contribution in [0.4, 0.5) is 11.4 Å². The van der Waals surface area contributed by atoms with Crippen LogP contribution in [0.5, 0.6) is 0 Å². The van der Waals surface area contributed by atoms with Crippen LogP contribution < -0.4 is 16.3 Å². The van der Waals surface area contributed by atoms with Gasteiger partial charge < -0.3 is 15.7 Å². The summed E-state index contributed by atoms with van der Waals surface area (Å²) in [5.74, 6) is -0.288. The van der Waals surface area contributed by atoms with Crippen molar-refractivity contribution in [2.24, 2.45) is 0 Å². The number of hydrogen-bond acceptors (Lipinski definition) is 6. The van der Waals surface area contributed by atoms with Gasteiger partial charge in [0.25, 0.3) is 0 Å². The van der Waals surface area contributed by atoms with E-state index in [2.05, 4.69) is 15.6 Å². The molecule has 0 atom stereocenters. The summed E-state index contributed by atoms with van der Waals surface area (Å²) in [7, 11) is 0. The number of carbonyl (C=O) groups is 2. The van der Waals surface area contributed by atoms with Gasteiger partial charge in [0.05, 0.1) is 18.9 Å². The summed E-state index contributed by atoms with van der Waals surface area (Å²) >= 11 is 1.25. The van der Waals surface area contributed by atoms with Gasteiger partial charge in [-0.05, 0) is 43.9 Å². The summed E-state index contributed by atoms with van der Waals surface area (Å²) in [6, 6.07) is 6.90. The van der Waals surface area contributed by atoms with Crippen molar-refractivity contribution in [2.45, 2.75) is 44.2 Å². The molecule has 154 valence electrons.